The highest BCUT2D eigenvalue weighted by atomic mass is 35.5. The van der Waals surface area contributed by atoms with Crippen LogP contribution in [0, 0.1) is 11.2 Å². The van der Waals surface area contributed by atoms with Crippen molar-refractivity contribution < 1.29 is 18.7 Å². The number of hydrogen-bond acceptors (Lipinski definition) is 3. The minimum Gasteiger partial charge on any atom is -0.487 e. The van der Waals surface area contributed by atoms with Crippen molar-refractivity contribution in [1.29, 1.82) is 0 Å². The molecule has 2 saturated heterocycles. The molecule has 0 bridgehead atoms. The Morgan fingerprint density at radius 3 is 2.81 bits per heavy atom. The molecular formula is C21H21ClFNO3. The van der Waals surface area contributed by atoms with E-state index in [1.165, 1.54) is 12.1 Å². The fraction of sp³-hybridized carbons (Fsp3) is 0.381. The smallest absolute Gasteiger partial charge is 0.253 e. The summed E-state index contributed by atoms with van der Waals surface area (Å²) < 4.78 is 24.5. The fourth-order valence-electron chi connectivity index (χ4n) is 3.79. The third-order valence-electron chi connectivity index (χ3n) is 5.21. The standard InChI is InChI=1S/C21H21ClFNO3/c22-18-10-16(20(25)24-12-21(13-24)7-2-8-26-14-21)5-6-19(18)27-11-15-3-1-4-17(23)9-15/h1,3-6,9-10H,2,7-8,11-14H2. The Hall–Kier alpha value is -2.11. The van der Waals surface area contributed by atoms with Gasteiger partial charge in [-0.05, 0) is 48.7 Å². The molecule has 2 fully saturated rings. The van der Waals surface area contributed by atoms with Gasteiger partial charge in [-0.1, -0.05) is 23.7 Å². The maximum absolute atomic E-state index is 13.2. The average Bonchev–Trinajstić information content (AvgIpc) is 2.65. The molecule has 27 heavy (non-hydrogen) atoms. The van der Waals surface area contributed by atoms with Crippen LogP contribution in [0.25, 0.3) is 0 Å². The monoisotopic (exact) mass is 389 g/mol. The van der Waals surface area contributed by atoms with Crippen molar-refractivity contribution in [2.24, 2.45) is 5.41 Å². The molecule has 0 aliphatic carbocycles. The van der Waals surface area contributed by atoms with E-state index in [1.807, 2.05) is 4.90 Å². The van der Waals surface area contributed by atoms with Crippen LogP contribution in [0.1, 0.15) is 28.8 Å². The summed E-state index contributed by atoms with van der Waals surface area (Å²) in [6.45, 7) is 3.24. The quantitative estimate of drug-likeness (QED) is 0.782. The Bertz CT molecular complexity index is 843. The highest BCUT2D eigenvalue weighted by Gasteiger charge is 2.46. The normalized spacial score (nSPS) is 18.2. The molecule has 2 aromatic rings. The summed E-state index contributed by atoms with van der Waals surface area (Å²) in [4.78, 5) is 14.5. The third kappa shape index (κ3) is 3.94. The van der Waals surface area contributed by atoms with Gasteiger partial charge in [0.05, 0.1) is 11.6 Å². The average molecular weight is 390 g/mol. The zero-order chi connectivity index (χ0) is 18.9. The van der Waals surface area contributed by atoms with Gasteiger partial charge in [0.2, 0.25) is 0 Å². The van der Waals surface area contributed by atoms with E-state index in [0.29, 0.717) is 21.9 Å². The molecule has 0 radical (unpaired) electrons. The van der Waals surface area contributed by atoms with Crippen molar-refractivity contribution >= 4 is 17.5 Å². The molecule has 0 unspecified atom stereocenters. The Labute approximate surface area is 162 Å². The number of amides is 1. The van der Waals surface area contributed by atoms with Crippen molar-refractivity contribution in [3.05, 3.63) is 64.4 Å². The van der Waals surface area contributed by atoms with Crippen LogP contribution in [0.5, 0.6) is 5.75 Å². The highest BCUT2D eigenvalue weighted by Crippen LogP contribution is 2.39. The molecule has 0 aromatic heterocycles. The largest absolute Gasteiger partial charge is 0.487 e. The van der Waals surface area contributed by atoms with Crippen LogP contribution < -0.4 is 4.74 Å². The Balaban J connectivity index is 1.37. The maximum Gasteiger partial charge on any atom is 0.253 e. The van der Waals surface area contributed by atoms with Gasteiger partial charge in [-0.3, -0.25) is 4.79 Å². The summed E-state index contributed by atoms with van der Waals surface area (Å²) in [5.41, 5.74) is 1.41. The first-order valence-electron chi connectivity index (χ1n) is 9.09. The van der Waals surface area contributed by atoms with Crippen LogP contribution in [0.2, 0.25) is 5.02 Å². The van der Waals surface area contributed by atoms with Gasteiger partial charge in [0, 0.05) is 30.7 Å². The third-order valence-corrected chi connectivity index (χ3v) is 5.50. The Morgan fingerprint density at radius 1 is 1.26 bits per heavy atom. The van der Waals surface area contributed by atoms with E-state index in [4.69, 9.17) is 21.1 Å². The number of ether oxygens (including phenoxy) is 2. The van der Waals surface area contributed by atoms with E-state index in [2.05, 4.69) is 0 Å². The summed E-state index contributed by atoms with van der Waals surface area (Å²) in [6, 6.07) is 11.3. The van der Waals surface area contributed by atoms with Crippen LogP contribution in [0.15, 0.2) is 42.5 Å². The van der Waals surface area contributed by atoms with Gasteiger partial charge in [0.15, 0.2) is 0 Å². The summed E-state index contributed by atoms with van der Waals surface area (Å²) in [5.74, 6) is 0.141. The number of rotatable bonds is 4. The van der Waals surface area contributed by atoms with Crippen molar-refractivity contribution in [3.8, 4) is 5.75 Å². The first-order valence-corrected chi connectivity index (χ1v) is 9.46. The predicted molar refractivity (Wildman–Crippen MR) is 101 cm³/mol. The molecule has 1 amide bonds. The Morgan fingerprint density at radius 2 is 2.11 bits per heavy atom. The molecule has 2 aromatic carbocycles. The lowest BCUT2D eigenvalue weighted by Crippen LogP contribution is -2.61. The van der Waals surface area contributed by atoms with Crippen LogP contribution in [0.3, 0.4) is 0 Å². The summed E-state index contributed by atoms with van der Waals surface area (Å²) in [6.07, 6.45) is 2.18. The number of carbonyl (C=O) groups is 1. The molecule has 4 nitrogen and oxygen atoms in total. The van der Waals surface area contributed by atoms with Crippen LogP contribution in [0.4, 0.5) is 4.39 Å². The van der Waals surface area contributed by atoms with E-state index in [-0.39, 0.29) is 23.7 Å². The van der Waals surface area contributed by atoms with Gasteiger partial charge in [-0.2, -0.15) is 0 Å². The first kappa shape index (κ1) is 18.3. The Kier molecular flexibility index (Phi) is 5.06. The lowest BCUT2D eigenvalue weighted by atomic mass is 9.75. The minimum absolute atomic E-state index is 0.0234. The molecule has 4 rings (SSSR count). The van der Waals surface area contributed by atoms with Gasteiger partial charge in [-0.15, -0.1) is 0 Å². The zero-order valence-electron chi connectivity index (χ0n) is 14.9. The molecule has 0 saturated carbocycles. The second-order valence-corrected chi connectivity index (χ2v) is 7.79. The number of nitrogens with zero attached hydrogens (tertiary/aromatic N) is 1. The summed E-state index contributed by atoms with van der Waals surface area (Å²) >= 11 is 6.29. The molecule has 142 valence electrons. The maximum atomic E-state index is 13.2. The second-order valence-electron chi connectivity index (χ2n) is 7.38. The van der Waals surface area contributed by atoms with Crippen molar-refractivity contribution in [2.75, 3.05) is 26.3 Å². The van der Waals surface area contributed by atoms with E-state index in [0.717, 1.165) is 39.1 Å². The van der Waals surface area contributed by atoms with Gasteiger partial charge in [-0.25, -0.2) is 4.39 Å². The minimum atomic E-state index is -0.307. The van der Waals surface area contributed by atoms with E-state index >= 15 is 0 Å². The number of carbonyl (C=O) groups excluding carboxylic acids is 1. The fourth-order valence-corrected chi connectivity index (χ4v) is 4.02. The van der Waals surface area contributed by atoms with Gasteiger partial charge >= 0.3 is 0 Å². The zero-order valence-corrected chi connectivity index (χ0v) is 15.7. The van der Waals surface area contributed by atoms with Crippen molar-refractivity contribution in [1.82, 2.24) is 4.90 Å². The van der Waals surface area contributed by atoms with Crippen LogP contribution >= 0.6 is 11.6 Å². The molecule has 2 aliphatic heterocycles. The SMILES string of the molecule is O=C(c1ccc(OCc2cccc(F)c2)c(Cl)c1)N1CC2(CCCOC2)C1. The molecule has 1 spiro atoms. The number of benzene rings is 2. The molecule has 2 heterocycles. The topological polar surface area (TPSA) is 38.8 Å². The number of hydrogen-bond donors (Lipinski definition) is 0. The second kappa shape index (κ2) is 7.49. The first-order chi connectivity index (χ1) is 13.0. The summed E-state index contributed by atoms with van der Waals surface area (Å²) in [5, 5.41) is 0.369. The van der Waals surface area contributed by atoms with E-state index in [9.17, 15) is 9.18 Å². The molecule has 6 heteroatoms. The van der Waals surface area contributed by atoms with Gasteiger partial charge in [0.1, 0.15) is 18.2 Å². The van der Waals surface area contributed by atoms with Crippen molar-refractivity contribution in [2.45, 2.75) is 19.4 Å². The lowest BCUT2D eigenvalue weighted by Gasteiger charge is -2.51. The molecule has 2 aliphatic rings. The predicted octanol–water partition coefficient (Wildman–Crippen LogP) is 4.31. The van der Waals surface area contributed by atoms with E-state index < -0.39 is 0 Å². The molecular weight excluding hydrogens is 369 g/mol. The number of halogens is 2. The van der Waals surface area contributed by atoms with Gasteiger partial charge < -0.3 is 14.4 Å². The highest BCUT2D eigenvalue weighted by molar-refractivity contribution is 6.32. The van der Waals surface area contributed by atoms with Crippen LogP contribution in [-0.2, 0) is 11.3 Å². The van der Waals surface area contributed by atoms with Gasteiger partial charge in [0.25, 0.3) is 5.91 Å². The number of likely N-dealkylation sites (tertiary alicyclic amines) is 1. The lowest BCUT2D eigenvalue weighted by molar-refractivity contribution is -0.0863. The summed E-state index contributed by atoms with van der Waals surface area (Å²) in [7, 11) is 0. The molecule has 0 N–H and O–H groups in total. The molecule has 0 atom stereocenters. The van der Waals surface area contributed by atoms with E-state index in [1.54, 1.807) is 30.3 Å². The van der Waals surface area contributed by atoms with Crippen molar-refractivity contribution in [3.63, 3.8) is 0 Å². The van der Waals surface area contributed by atoms with Crippen LogP contribution in [-0.4, -0.2) is 37.1 Å².